The highest BCUT2D eigenvalue weighted by atomic mass is 32.2. The van der Waals surface area contributed by atoms with Crippen LogP contribution < -0.4 is 5.32 Å². The summed E-state index contributed by atoms with van der Waals surface area (Å²) >= 11 is 1.26. The molecular weight excluding hydrogens is 353 g/mol. The smallest absolute Gasteiger partial charge is 0.230 e. The maximum Gasteiger partial charge on any atom is 0.230 e. The Morgan fingerprint density at radius 1 is 1.19 bits per heavy atom. The maximum atomic E-state index is 13.5. The van der Waals surface area contributed by atoms with Gasteiger partial charge in [0.1, 0.15) is 5.82 Å². The lowest BCUT2D eigenvalue weighted by Gasteiger charge is -2.08. The molecule has 0 unspecified atom stereocenters. The summed E-state index contributed by atoms with van der Waals surface area (Å²) in [7, 11) is 0. The van der Waals surface area contributed by atoms with Crippen molar-refractivity contribution < 1.29 is 9.18 Å². The third-order valence-corrected chi connectivity index (χ3v) is 4.71. The van der Waals surface area contributed by atoms with Crippen molar-refractivity contribution in [2.45, 2.75) is 18.5 Å². The van der Waals surface area contributed by atoms with Gasteiger partial charge < -0.3 is 5.32 Å². The van der Waals surface area contributed by atoms with E-state index in [2.05, 4.69) is 20.8 Å². The minimum Gasteiger partial charge on any atom is -0.355 e. The summed E-state index contributed by atoms with van der Waals surface area (Å²) in [5.41, 5.74) is 2.50. The number of carbonyl (C=O) groups is 1. The zero-order valence-corrected chi connectivity index (χ0v) is 15.0. The molecule has 0 aliphatic rings. The van der Waals surface area contributed by atoms with E-state index in [0.717, 1.165) is 11.3 Å². The van der Waals surface area contributed by atoms with Gasteiger partial charge in [-0.25, -0.2) is 4.39 Å². The number of rotatable bonds is 7. The number of amides is 1. The van der Waals surface area contributed by atoms with E-state index < -0.39 is 0 Å². The molecule has 1 aromatic heterocycles. The van der Waals surface area contributed by atoms with E-state index in [-0.39, 0.29) is 17.5 Å². The van der Waals surface area contributed by atoms with Crippen LogP contribution in [0.5, 0.6) is 0 Å². The lowest BCUT2D eigenvalue weighted by molar-refractivity contribution is -0.118. The second kappa shape index (κ2) is 8.57. The number of para-hydroxylation sites is 1. The number of hydrogen-bond donors (Lipinski definition) is 1. The van der Waals surface area contributed by atoms with Crippen LogP contribution in [0.4, 0.5) is 4.39 Å². The van der Waals surface area contributed by atoms with Crippen molar-refractivity contribution in [1.82, 2.24) is 25.5 Å². The molecule has 3 aromatic rings. The highest BCUT2D eigenvalue weighted by molar-refractivity contribution is 7.99. The van der Waals surface area contributed by atoms with Crippen LogP contribution in [0.25, 0.3) is 5.69 Å². The number of aromatic nitrogens is 4. The molecule has 1 N–H and O–H groups in total. The van der Waals surface area contributed by atoms with Crippen LogP contribution in [-0.4, -0.2) is 38.4 Å². The van der Waals surface area contributed by atoms with E-state index in [0.29, 0.717) is 23.7 Å². The number of nitrogens with zero attached hydrogens (tertiary/aromatic N) is 4. The predicted octanol–water partition coefficient (Wildman–Crippen LogP) is 2.56. The number of hydrogen-bond acceptors (Lipinski definition) is 5. The topological polar surface area (TPSA) is 72.7 Å². The Labute approximate surface area is 154 Å². The average molecular weight is 371 g/mol. The van der Waals surface area contributed by atoms with Crippen molar-refractivity contribution in [1.29, 1.82) is 0 Å². The molecule has 0 radical (unpaired) electrons. The number of nitrogens with one attached hydrogen (secondary N) is 1. The second-order valence-corrected chi connectivity index (χ2v) is 6.58. The summed E-state index contributed by atoms with van der Waals surface area (Å²) < 4.78 is 15.2. The van der Waals surface area contributed by atoms with Gasteiger partial charge in [-0.3, -0.25) is 4.79 Å². The minimum atomic E-state index is -0.256. The van der Waals surface area contributed by atoms with Crippen molar-refractivity contribution in [3.05, 3.63) is 65.5 Å². The Balaban J connectivity index is 1.52. The SMILES string of the molecule is Cc1ccccc1-n1nnnc1SCC(=O)NCCc1ccccc1F. The lowest BCUT2D eigenvalue weighted by Crippen LogP contribution is -2.27. The van der Waals surface area contributed by atoms with Crippen LogP contribution in [0.1, 0.15) is 11.1 Å². The molecule has 1 heterocycles. The molecule has 8 heteroatoms. The van der Waals surface area contributed by atoms with Gasteiger partial charge in [-0.15, -0.1) is 5.10 Å². The molecule has 0 atom stereocenters. The van der Waals surface area contributed by atoms with Crippen molar-refractivity contribution in [2.75, 3.05) is 12.3 Å². The summed E-state index contributed by atoms with van der Waals surface area (Å²) in [6.45, 7) is 2.35. The molecule has 0 spiro atoms. The van der Waals surface area contributed by atoms with E-state index in [1.54, 1.807) is 22.9 Å². The predicted molar refractivity (Wildman–Crippen MR) is 97.7 cm³/mol. The van der Waals surface area contributed by atoms with E-state index >= 15 is 0 Å². The average Bonchev–Trinajstić information content (AvgIpc) is 3.10. The van der Waals surface area contributed by atoms with Gasteiger partial charge in [-0.1, -0.05) is 48.2 Å². The van der Waals surface area contributed by atoms with Gasteiger partial charge in [0.05, 0.1) is 11.4 Å². The number of thioether (sulfide) groups is 1. The normalized spacial score (nSPS) is 10.7. The number of halogens is 1. The van der Waals surface area contributed by atoms with Crippen LogP contribution in [0.2, 0.25) is 0 Å². The van der Waals surface area contributed by atoms with E-state index in [9.17, 15) is 9.18 Å². The summed E-state index contributed by atoms with van der Waals surface area (Å²) in [5.74, 6) is -0.219. The Morgan fingerprint density at radius 2 is 1.96 bits per heavy atom. The molecule has 1 amide bonds. The highest BCUT2D eigenvalue weighted by Crippen LogP contribution is 2.20. The maximum absolute atomic E-state index is 13.5. The standard InChI is InChI=1S/C18H18FN5OS/c1-13-6-2-5-9-16(13)24-18(21-22-23-24)26-12-17(25)20-11-10-14-7-3-4-8-15(14)19/h2-9H,10-12H2,1H3,(H,20,25). The first kappa shape index (κ1) is 18.1. The van der Waals surface area contributed by atoms with Gasteiger partial charge in [0.2, 0.25) is 11.1 Å². The summed E-state index contributed by atoms with van der Waals surface area (Å²) in [6.07, 6.45) is 0.448. The largest absolute Gasteiger partial charge is 0.355 e. The monoisotopic (exact) mass is 371 g/mol. The number of carbonyl (C=O) groups excluding carboxylic acids is 1. The van der Waals surface area contributed by atoms with E-state index in [1.165, 1.54) is 17.8 Å². The second-order valence-electron chi connectivity index (χ2n) is 5.64. The Kier molecular flexibility index (Phi) is 5.96. The van der Waals surface area contributed by atoms with Crippen LogP contribution in [0, 0.1) is 12.7 Å². The van der Waals surface area contributed by atoms with Crippen molar-refractivity contribution in [3.8, 4) is 5.69 Å². The molecule has 3 rings (SSSR count). The van der Waals surface area contributed by atoms with Crippen LogP contribution in [0.3, 0.4) is 0 Å². The number of tetrazole rings is 1. The molecule has 6 nitrogen and oxygen atoms in total. The molecule has 0 aliphatic heterocycles. The van der Waals surface area contributed by atoms with Gasteiger partial charge in [0.15, 0.2) is 0 Å². The number of benzene rings is 2. The third-order valence-electron chi connectivity index (χ3n) is 3.79. The van der Waals surface area contributed by atoms with E-state index in [1.807, 2.05) is 31.2 Å². The minimum absolute atomic E-state index is 0.148. The lowest BCUT2D eigenvalue weighted by atomic mass is 10.1. The summed E-state index contributed by atoms with van der Waals surface area (Å²) in [5, 5.41) is 15.0. The van der Waals surface area contributed by atoms with Crippen LogP contribution in [0.15, 0.2) is 53.7 Å². The molecule has 0 fully saturated rings. The Hall–Kier alpha value is -2.74. The molecule has 134 valence electrons. The van der Waals surface area contributed by atoms with Gasteiger partial charge in [-0.05, 0) is 47.0 Å². The molecule has 0 saturated carbocycles. The van der Waals surface area contributed by atoms with Gasteiger partial charge in [0.25, 0.3) is 0 Å². The quantitative estimate of drug-likeness (QED) is 0.646. The fourth-order valence-electron chi connectivity index (χ4n) is 2.44. The van der Waals surface area contributed by atoms with Crippen molar-refractivity contribution >= 4 is 17.7 Å². The van der Waals surface area contributed by atoms with Crippen LogP contribution in [-0.2, 0) is 11.2 Å². The van der Waals surface area contributed by atoms with Crippen molar-refractivity contribution in [2.24, 2.45) is 0 Å². The molecule has 0 bridgehead atoms. The zero-order chi connectivity index (χ0) is 18.4. The number of aryl methyl sites for hydroxylation is 1. The molecule has 0 saturated heterocycles. The molecular formula is C18H18FN5OS. The highest BCUT2D eigenvalue weighted by Gasteiger charge is 2.12. The van der Waals surface area contributed by atoms with Gasteiger partial charge in [0, 0.05) is 6.54 Å². The fraction of sp³-hybridized carbons (Fsp3) is 0.222. The zero-order valence-electron chi connectivity index (χ0n) is 14.2. The molecule has 0 aliphatic carbocycles. The first-order valence-corrected chi connectivity index (χ1v) is 9.11. The first-order valence-electron chi connectivity index (χ1n) is 8.12. The first-order chi connectivity index (χ1) is 12.6. The third kappa shape index (κ3) is 4.45. The fourth-order valence-corrected chi connectivity index (χ4v) is 3.15. The van der Waals surface area contributed by atoms with E-state index in [4.69, 9.17) is 0 Å². The van der Waals surface area contributed by atoms with Crippen molar-refractivity contribution in [3.63, 3.8) is 0 Å². The van der Waals surface area contributed by atoms with Crippen LogP contribution >= 0.6 is 11.8 Å². The Bertz CT molecular complexity index is 899. The summed E-state index contributed by atoms with van der Waals surface area (Å²) in [4.78, 5) is 12.0. The van der Waals surface area contributed by atoms with Gasteiger partial charge >= 0.3 is 0 Å². The molecule has 26 heavy (non-hydrogen) atoms. The molecule has 2 aromatic carbocycles. The van der Waals surface area contributed by atoms with Gasteiger partial charge in [-0.2, -0.15) is 4.68 Å². The summed E-state index contributed by atoms with van der Waals surface area (Å²) in [6, 6.07) is 14.3. The Morgan fingerprint density at radius 3 is 2.77 bits per heavy atom.